The van der Waals surface area contributed by atoms with Gasteiger partial charge < -0.3 is 4.74 Å². The van der Waals surface area contributed by atoms with Crippen LogP contribution in [-0.4, -0.2) is 18.9 Å². The molecule has 0 unspecified atom stereocenters. The molecule has 2 heteroatoms. The van der Waals surface area contributed by atoms with E-state index in [9.17, 15) is 4.39 Å². The van der Waals surface area contributed by atoms with Crippen LogP contribution in [0.5, 0.6) is 0 Å². The van der Waals surface area contributed by atoms with Crippen molar-refractivity contribution < 1.29 is 9.13 Å². The molecule has 0 aromatic rings. The average molecular weight is 639 g/mol. The molecule has 0 aromatic heterocycles. The molecular weight excluding hydrogens is 551 g/mol. The maximum atomic E-state index is 12.3. The van der Waals surface area contributed by atoms with Gasteiger partial charge in [-0.15, -0.1) is 0 Å². The summed E-state index contributed by atoms with van der Waals surface area (Å²) in [6, 6.07) is 0. The maximum absolute atomic E-state index is 12.3. The zero-order chi connectivity index (χ0) is 32.8. The van der Waals surface area contributed by atoms with Gasteiger partial charge >= 0.3 is 0 Å². The molecule has 272 valence electrons. The monoisotopic (exact) mass is 639 g/mol. The largest absolute Gasteiger partial charge is 0.375 e. The Bertz CT molecular complexity index is 490. The van der Waals surface area contributed by atoms with Crippen molar-refractivity contribution in [1.29, 1.82) is 0 Å². The second kappa shape index (κ2) is 38.3. The van der Waals surface area contributed by atoms with E-state index in [4.69, 9.17) is 4.74 Å². The summed E-state index contributed by atoms with van der Waals surface area (Å²) in [4.78, 5) is 0. The summed E-state index contributed by atoms with van der Waals surface area (Å²) >= 11 is 0. The molecule has 0 aliphatic rings. The SMILES string of the molecule is CCCCCCCCCCCCCCCC(CC)(CCCCCCCCCCCCCCC)OCCCCCCCCCCF. The molecule has 0 atom stereocenters. The summed E-state index contributed by atoms with van der Waals surface area (Å²) in [7, 11) is 0. The molecule has 45 heavy (non-hydrogen) atoms. The van der Waals surface area contributed by atoms with Gasteiger partial charge in [0.05, 0.1) is 12.3 Å². The molecule has 0 saturated heterocycles. The van der Waals surface area contributed by atoms with Gasteiger partial charge in [0, 0.05) is 6.61 Å². The van der Waals surface area contributed by atoms with E-state index in [2.05, 4.69) is 20.8 Å². The van der Waals surface area contributed by atoms with Crippen LogP contribution in [0.1, 0.15) is 258 Å². The molecule has 0 aromatic carbocycles. The molecule has 0 rings (SSSR count). The molecule has 0 bridgehead atoms. The Morgan fingerprint density at radius 3 is 0.889 bits per heavy atom. The molecule has 0 aliphatic carbocycles. The fourth-order valence-electron chi connectivity index (χ4n) is 7.20. The lowest BCUT2D eigenvalue weighted by Gasteiger charge is -2.34. The number of unbranched alkanes of at least 4 members (excludes halogenated alkanes) is 31. The van der Waals surface area contributed by atoms with Gasteiger partial charge in [-0.3, -0.25) is 4.39 Å². The number of hydrogen-bond donors (Lipinski definition) is 0. The second-order valence-electron chi connectivity index (χ2n) is 14.9. The lowest BCUT2D eigenvalue weighted by molar-refractivity contribution is -0.0648. The summed E-state index contributed by atoms with van der Waals surface area (Å²) in [5.41, 5.74) is 0.127. The van der Waals surface area contributed by atoms with Crippen molar-refractivity contribution >= 4 is 0 Å². The van der Waals surface area contributed by atoms with E-state index < -0.39 is 0 Å². The zero-order valence-electron chi connectivity index (χ0n) is 31.9. The lowest BCUT2D eigenvalue weighted by atomic mass is 9.87. The first-order valence-corrected chi connectivity index (χ1v) is 21.4. The quantitative estimate of drug-likeness (QED) is 0.0607. The Hall–Kier alpha value is -0.110. The smallest absolute Gasteiger partial charge is 0.0894 e. The minimum atomic E-state index is -0.144. The van der Waals surface area contributed by atoms with Crippen LogP contribution in [0.4, 0.5) is 4.39 Å². The zero-order valence-corrected chi connectivity index (χ0v) is 31.9. The third kappa shape index (κ3) is 33.6. The van der Waals surface area contributed by atoms with E-state index in [0.717, 1.165) is 19.4 Å². The minimum Gasteiger partial charge on any atom is -0.375 e. The molecule has 0 saturated carbocycles. The molecular formula is C43H87FO. The number of ether oxygens (including phenoxy) is 1. The molecule has 0 spiro atoms. The van der Waals surface area contributed by atoms with Crippen LogP contribution in [0, 0.1) is 0 Å². The van der Waals surface area contributed by atoms with Crippen LogP contribution in [0.15, 0.2) is 0 Å². The third-order valence-corrected chi connectivity index (χ3v) is 10.6. The van der Waals surface area contributed by atoms with Gasteiger partial charge in [-0.05, 0) is 32.1 Å². The van der Waals surface area contributed by atoms with Gasteiger partial charge in [0.1, 0.15) is 0 Å². The molecule has 0 fully saturated rings. The second-order valence-corrected chi connectivity index (χ2v) is 14.9. The Morgan fingerprint density at radius 2 is 0.600 bits per heavy atom. The molecule has 0 aliphatic heterocycles. The van der Waals surface area contributed by atoms with Gasteiger partial charge in [-0.1, -0.05) is 226 Å². The fourth-order valence-corrected chi connectivity index (χ4v) is 7.20. The van der Waals surface area contributed by atoms with E-state index in [1.807, 2.05) is 0 Å². The minimum absolute atomic E-state index is 0.127. The highest BCUT2D eigenvalue weighted by Gasteiger charge is 2.27. The standard InChI is InChI=1S/C43H87FO/c1-4-7-9-11-13-15-17-19-21-23-27-31-35-39-43(6-3,45-42-38-34-30-26-25-29-33-37-41-44)40-36-32-28-24-22-20-18-16-14-12-10-8-5-2/h4-42H2,1-3H3. The molecule has 0 radical (unpaired) electrons. The van der Waals surface area contributed by atoms with Crippen LogP contribution < -0.4 is 0 Å². The molecule has 0 N–H and O–H groups in total. The van der Waals surface area contributed by atoms with E-state index >= 15 is 0 Å². The van der Waals surface area contributed by atoms with E-state index in [1.54, 1.807) is 0 Å². The predicted octanol–water partition coefficient (Wildman–Crippen LogP) is 16.2. The Balaban J connectivity index is 4.19. The first kappa shape index (κ1) is 44.9. The lowest BCUT2D eigenvalue weighted by Crippen LogP contribution is -2.32. The van der Waals surface area contributed by atoms with Crippen LogP contribution >= 0.6 is 0 Å². The van der Waals surface area contributed by atoms with Crippen molar-refractivity contribution in [3.05, 3.63) is 0 Å². The highest BCUT2D eigenvalue weighted by Crippen LogP contribution is 2.31. The Kier molecular flexibility index (Phi) is 38.2. The Labute approximate surface area is 285 Å². The van der Waals surface area contributed by atoms with Gasteiger partial charge in [-0.25, -0.2) is 0 Å². The first-order chi connectivity index (χ1) is 22.2. The topological polar surface area (TPSA) is 9.23 Å². The molecule has 0 amide bonds. The maximum Gasteiger partial charge on any atom is 0.0894 e. The van der Waals surface area contributed by atoms with E-state index in [1.165, 1.54) is 225 Å². The van der Waals surface area contributed by atoms with Crippen molar-refractivity contribution in [2.45, 2.75) is 264 Å². The third-order valence-electron chi connectivity index (χ3n) is 10.6. The number of hydrogen-bond acceptors (Lipinski definition) is 1. The molecule has 0 heterocycles. The normalized spacial score (nSPS) is 12.0. The summed E-state index contributed by atoms with van der Waals surface area (Å²) in [6.45, 7) is 7.81. The van der Waals surface area contributed by atoms with Gasteiger partial charge in [0.2, 0.25) is 0 Å². The number of alkyl halides is 1. The highest BCUT2D eigenvalue weighted by molar-refractivity contribution is 4.80. The van der Waals surface area contributed by atoms with Gasteiger partial charge in [-0.2, -0.15) is 0 Å². The van der Waals surface area contributed by atoms with Crippen molar-refractivity contribution in [1.82, 2.24) is 0 Å². The van der Waals surface area contributed by atoms with E-state index in [-0.39, 0.29) is 12.3 Å². The molecule has 1 nitrogen and oxygen atoms in total. The van der Waals surface area contributed by atoms with Crippen molar-refractivity contribution in [3.63, 3.8) is 0 Å². The summed E-state index contributed by atoms with van der Waals surface area (Å²) in [5, 5.41) is 0. The Morgan fingerprint density at radius 1 is 0.333 bits per heavy atom. The first-order valence-electron chi connectivity index (χ1n) is 21.4. The van der Waals surface area contributed by atoms with Crippen LogP contribution in [0.25, 0.3) is 0 Å². The van der Waals surface area contributed by atoms with Gasteiger partial charge in [0.25, 0.3) is 0 Å². The van der Waals surface area contributed by atoms with Crippen molar-refractivity contribution in [2.24, 2.45) is 0 Å². The number of rotatable bonds is 40. The number of halogens is 1. The summed E-state index contributed by atoms with van der Waals surface area (Å²) in [6.07, 6.45) is 50.2. The van der Waals surface area contributed by atoms with Crippen molar-refractivity contribution in [2.75, 3.05) is 13.3 Å². The van der Waals surface area contributed by atoms with E-state index in [0.29, 0.717) is 0 Å². The van der Waals surface area contributed by atoms with Gasteiger partial charge in [0.15, 0.2) is 0 Å². The van der Waals surface area contributed by atoms with Crippen LogP contribution in [-0.2, 0) is 4.74 Å². The fraction of sp³-hybridized carbons (Fsp3) is 1.00. The average Bonchev–Trinajstić information content (AvgIpc) is 3.05. The van der Waals surface area contributed by atoms with Crippen LogP contribution in [0.2, 0.25) is 0 Å². The van der Waals surface area contributed by atoms with Crippen molar-refractivity contribution in [3.8, 4) is 0 Å². The predicted molar refractivity (Wildman–Crippen MR) is 203 cm³/mol. The summed E-state index contributed by atoms with van der Waals surface area (Å²) < 4.78 is 19.1. The van der Waals surface area contributed by atoms with Crippen LogP contribution in [0.3, 0.4) is 0 Å². The highest BCUT2D eigenvalue weighted by atomic mass is 19.1. The summed E-state index contributed by atoms with van der Waals surface area (Å²) in [5.74, 6) is 0.